The van der Waals surface area contributed by atoms with Crippen LogP contribution in [0.15, 0.2) is 145 Å². The minimum absolute atomic E-state index is 0.778. The number of nitrogens with zero attached hydrogens (tertiary/aromatic N) is 8. The van der Waals surface area contributed by atoms with Crippen LogP contribution in [0.3, 0.4) is 0 Å². The van der Waals surface area contributed by atoms with Gasteiger partial charge in [0.05, 0.1) is 18.3 Å². The molecule has 3 aromatic rings. The molecule has 7 rings (SSSR count). The normalized spacial score (nSPS) is 13.3. The van der Waals surface area contributed by atoms with E-state index in [1.54, 1.807) is 66.5 Å². The highest BCUT2D eigenvalue weighted by Gasteiger charge is 1.75. The van der Waals surface area contributed by atoms with Crippen molar-refractivity contribution in [2.75, 3.05) is 6.54 Å². The third-order valence-electron chi connectivity index (χ3n) is 3.34. The van der Waals surface area contributed by atoms with Crippen molar-refractivity contribution >= 4 is 30.0 Å². The molecule has 0 atom stereocenters. The van der Waals surface area contributed by atoms with Gasteiger partial charge in [-0.1, -0.05) is 36.4 Å². The molecule has 0 aromatic carbocycles. The number of thiazole rings is 1. The van der Waals surface area contributed by atoms with E-state index in [2.05, 4.69) is 69.1 Å². The molecule has 3 aliphatic heterocycles. The summed E-state index contributed by atoms with van der Waals surface area (Å²) in [5.74, 6) is 0. The number of hydrogen-bond acceptors (Lipinski definition) is 10. The molecule has 186 valence electrons. The van der Waals surface area contributed by atoms with E-state index < -0.39 is 0 Å². The Hall–Kier alpha value is -4.44. The minimum Gasteiger partial charge on any atom is -0.452 e. The average molecular weight is 503 g/mol. The van der Waals surface area contributed by atoms with Crippen molar-refractivity contribution in [2.45, 2.75) is 19.3 Å². The summed E-state index contributed by atoms with van der Waals surface area (Å²) < 4.78 is 4.47. The van der Waals surface area contributed by atoms with Crippen molar-refractivity contribution in [1.29, 1.82) is 0 Å². The average Bonchev–Trinajstić information content (AvgIpc) is 3.81. The van der Waals surface area contributed by atoms with Crippen molar-refractivity contribution in [3.63, 3.8) is 0 Å². The van der Waals surface area contributed by atoms with Crippen LogP contribution in [0.4, 0.5) is 0 Å². The second-order valence-electron chi connectivity index (χ2n) is 6.08. The summed E-state index contributed by atoms with van der Waals surface area (Å²) in [6, 6.07) is 5.72. The van der Waals surface area contributed by atoms with Crippen molar-refractivity contribution in [1.82, 2.24) is 15.0 Å². The molecule has 9 nitrogen and oxygen atoms in total. The van der Waals surface area contributed by atoms with Crippen LogP contribution < -0.4 is 0 Å². The summed E-state index contributed by atoms with van der Waals surface area (Å²) >= 11 is 1.60. The van der Waals surface area contributed by atoms with Gasteiger partial charge in [0.2, 0.25) is 0 Å². The first-order chi connectivity index (χ1) is 18.0. The second kappa shape index (κ2) is 26.8. The molecule has 0 saturated carbocycles. The molecule has 0 bridgehead atoms. The van der Waals surface area contributed by atoms with E-state index in [1.807, 2.05) is 41.9 Å². The lowest BCUT2D eigenvalue weighted by molar-refractivity contribution is 0.558. The first kappa shape index (κ1) is 29.6. The van der Waals surface area contributed by atoms with Crippen molar-refractivity contribution in [2.24, 2.45) is 25.4 Å². The zero-order chi connectivity index (χ0) is 25.5. The van der Waals surface area contributed by atoms with E-state index in [4.69, 9.17) is 0 Å². The highest BCUT2D eigenvalue weighted by Crippen LogP contribution is 1.93. The van der Waals surface area contributed by atoms with Gasteiger partial charge >= 0.3 is 0 Å². The summed E-state index contributed by atoms with van der Waals surface area (Å²) in [4.78, 5) is 14.9. The molecule has 0 saturated heterocycles. The highest BCUT2D eigenvalue weighted by molar-refractivity contribution is 7.07. The van der Waals surface area contributed by atoms with Crippen LogP contribution in [0.1, 0.15) is 19.3 Å². The molecule has 36 heavy (non-hydrogen) atoms. The summed E-state index contributed by atoms with van der Waals surface area (Å²) in [5, 5.41) is 16.1. The Labute approximate surface area is 215 Å². The smallest absolute Gasteiger partial charge is 0.180 e. The third-order valence-corrected chi connectivity index (χ3v) is 3.86. The summed E-state index contributed by atoms with van der Waals surface area (Å²) in [7, 11) is 0. The van der Waals surface area contributed by atoms with Crippen LogP contribution in [0.2, 0.25) is 0 Å². The fourth-order valence-electron chi connectivity index (χ4n) is 1.83. The minimum atomic E-state index is 0.778. The summed E-state index contributed by atoms with van der Waals surface area (Å²) in [5.41, 5.74) is 1.79. The lowest BCUT2D eigenvalue weighted by atomic mass is 10.5. The van der Waals surface area contributed by atoms with Gasteiger partial charge in [0.25, 0.3) is 0 Å². The Morgan fingerprint density at radius 3 is 1.69 bits per heavy atom. The van der Waals surface area contributed by atoms with Crippen LogP contribution >= 0.6 is 11.3 Å². The molecule has 0 N–H and O–H groups in total. The van der Waals surface area contributed by atoms with Crippen LogP contribution in [-0.2, 0) is 0 Å². The molecule has 0 radical (unpaired) electrons. The first-order valence-electron chi connectivity index (χ1n) is 11.0. The number of azo groups is 1. The zero-order valence-electron chi connectivity index (χ0n) is 19.9. The SMILES string of the molecule is C1=CCC=C1.C1=CN=CC1.C1=CN=NC1.C1=NN=CC1.c1ccncc1.c1cocn1.c1cscn1. The fourth-order valence-corrected chi connectivity index (χ4v) is 2.18. The number of oxazole rings is 1. The van der Waals surface area contributed by atoms with Crippen molar-refractivity contribution in [3.05, 3.63) is 115 Å². The molecule has 4 aliphatic rings. The zero-order valence-corrected chi connectivity index (χ0v) is 20.7. The first-order valence-corrected chi connectivity index (χ1v) is 12.0. The Morgan fingerprint density at radius 1 is 0.667 bits per heavy atom. The number of rotatable bonds is 0. The van der Waals surface area contributed by atoms with Gasteiger partial charge in [-0.2, -0.15) is 20.4 Å². The summed E-state index contributed by atoms with van der Waals surface area (Å²) in [6.45, 7) is 0.778. The van der Waals surface area contributed by atoms with Crippen molar-refractivity contribution < 1.29 is 4.42 Å². The van der Waals surface area contributed by atoms with Gasteiger partial charge in [0, 0.05) is 67.9 Å². The Kier molecular flexibility index (Phi) is 22.0. The van der Waals surface area contributed by atoms with Crippen molar-refractivity contribution in [3.8, 4) is 0 Å². The maximum absolute atomic E-state index is 4.47. The van der Waals surface area contributed by atoms with Gasteiger partial charge in [-0.15, -0.1) is 11.3 Å². The van der Waals surface area contributed by atoms with Crippen LogP contribution in [-0.4, -0.2) is 40.1 Å². The van der Waals surface area contributed by atoms with E-state index in [0.717, 1.165) is 25.8 Å². The Bertz CT molecular complexity index is 824. The van der Waals surface area contributed by atoms with Crippen LogP contribution in [0.25, 0.3) is 0 Å². The second-order valence-corrected chi connectivity index (χ2v) is 6.83. The largest absolute Gasteiger partial charge is 0.452 e. The molecule has 0 fully saturated rings. The van der Waals surface area contributed by atoms with Gasteiger partial charge in [-0.25, -0.2) is 4.98 Å². The number of allylic oxidation sites excluding steroid dienone is 5. The number of hydrogen-bond donors (Lipinski definition) is 0. The van der Waals surface area contributed by atoms with Gasteiger partial charge in [-0.05, 0) is 24.6 Å². The number of pyridine rings is 1. The van der Waals surface area contributed by atoms with E-state index in [0.29, 0.717) is 0 Å². The Balaban J connectivity index is 0.000000210. The van der Waals surface area contributed by atoms with E-state index >= 15 is 0 Å². The van der Waals surface area contributed by atoms with Gasteiger partial charge < -0.3 is 4.42 Å². The standard InChI is InChI=1S/C5H5N.C5H6.C4H5N.2C3H4N2.C3H3NO.C3H3NS/c1-2-4-6-5-3-1;4*1-2-4-5-3-1;2*1-2-5-3-4-1/h1-5H;1-4H,5H2;1,3-4H,2H2;2-3H,1H2;1-2H,3H2;2*1-3H. The molecular formula is C26H30N8OS. The molecule has 0 spiro atoms. The topological polar surface area (TPSA) is 114 Å². The summed E-state index contributed by atoms with van der Waals surface area (Å²) in [6.07, 6.45) is 34.0. The van der Waals surface area contributed by atoms with E-state index in [9.17, 15) is 0 Å². The molecule has 6 heterocycles. The number of aliphatic imine (C=N–C) groups is 1. The predicted molar refractivity (Wildman–Crippen MR) is 148 cm³/mol. The maximum Gasteiger partial charge on any atom is 0.180 e. The van der Waals surface area contributed by atoms with Gasteiger partial charge in [-0.3, -0.25) is 15.0 Å². The number of aromatic nitrogens is 3. The van der Waals surface area contributed by atoms with Crippen LogP contribution in [0, 0.1) is 0 Å². The quantitative estimate of drug-likeness (QED) is 0.337. The molecule has 0 amide bonds. The van der Waals surface area contributed by atoms with Crippen LogP contribution in [0.5, 0.6) is 0 Å². The highest BCUT2D eigenvalue weighted by atomic mass is 32.1. The Morgan fingerprint density at radius 2 is 1.50 bits per heavy atom. The lowest BCUT2D eigenvalue weighted by Crippen LogP contribution is -1.60. The molecule has 10 heteroatoms. The molecule has 0 unspecified atom stereocenters. The fraction of sp³-hybridized carbons (Fsp3) is 0.154. The molecule has 3 aromatic heterocycles. The van der Waals surface area contributed by atoms with Gasteiger partial charge in [0.15, 0.2) is 6.39 Å². The van der Waals surface area contributed by atoms with Gasteiger partial charge in [0.1, 0.15) is 6.26 Å². The molecule has 1 aliphatic carbocycles. The predicted octanol–water partition coefficient (Wildman–Crippen LogP) is 6.79. The van der Waals surface area contributed by atoms with E-state index in [1.165, 1.54) is 12.7 Å². The maximum atomic E-state index is 4.47. The lowest BCUT2D eigenvalue weighted by Gasteiger charge is -1.70. The third kappa shape index (κ3) is 24.2. The monoisotopic (exact) mass is 502 g/mol. The molecular weight excluding hydrogens is 472 g/mol. The van der Waals surface area contributed by atoms with E-state index in [-0.39, 0.29) is 0 Å².